The number of benzene rings is 1. The first-order valence-electron chi connectivity index (χ1n) is 7.81. The highest BCUT2D eigenvalue weighted by Gasteiger charge is 2.21. The van der Waals surface area contributed by atoms with Gasteiger partial charge in [-0.15, -0.1) is 0 Å². The van der Waals surface area contributed by atoms with Gasteiger partial charge in [-0.1, -0.05) is 53.6 Å². The number of alkyl halides is 1. The molecular formula is C17H24INO2. The van der Waals surface area contributed by atoms with Gasteiger partial charge in [0.1, 0.15) is 5.75 Å². The van der Waals surface area contributed by atoms with Crippen LogP contribution in [0.1, 0.15) is 49.1 Å². The van der Waals surface area contributed by atoms with Gasteiger partial charge in [-0.25, -0.2) is 0 Å². The minimum atomic E-state index is 0.141. The van der Waals surface area contributed by atoms with Gasteiger partial charge in [0, 0.05) is 16.4 Å². The number of aromatic hydroxyl groups is 1. The van der Waals surface area contributed by atoms with E-state index in [2.05, 4.69) is 27.9 Å². The number of hydrogen-bond donors (Lipinski definition) is 2. The summed E-state index contributed by atoms with van der Waals surface area (Å²) >= 11 is 2.33. The molecule has 0 spiro atoms. The Kier molecular flexibility index (Phi) is 6.96. The Hall–Kier alpha value is -0.620. The monoisotopic (exact) mass is 401 g/mol. The minimum Gasteiger partial charge on any atom is -0.507 e. The van der Waals surface area contributed by atoms with Crippen molar-refractivity contribution in [1.29, 1.82) is 0 Å². The summed E-state index contributed by atoms with van der Waals surface area (Å²) in [6.45, 7) is 1.27. The second-order valence-electron chi connectivity index (χ2n) is 5.77. The summed E-state index contributed by atoms with van der Waals surface area (Å²) < 4.78 is 1.10. The lowest BCUT2D eigenvalue weighted by molar-refractivity contribution is -0.117. The van der Waals surface area contributed by atoms with Crippen molar-refractivity contribution in [1.82, 2.24) is 5.32 Å². The van der Waals surface area contributed by atoms with E-state index in [1.54, 1.807) is 0 Å². The van der Waals surface area contributed by atoms with Crippen LogP contribution in [0.5, 0.6) is 5.75 Å². The number of phenolic OH excluding ortho intramolecular Hbond substituents is 1. The van der Waals surface area contributed by atoms with Crippen molar-refractivity contribution in [3.8, 4) is 5.75 Å². The molecule has 1 fully saturated rings. The van der Waals surface area contributed by atoms with Gasteiger partial charge in [-0.3, -0.25) is 4.79 Å². The molecule has 0 radical (unpaired) electrons. The van der Waals surface area contributed by atoms with E-state index in [0.717, 1.165) is 41.4 Å². The lowest BCUT2D eigenvalue weighted by atomic mass is 9.93. The van der Waals surface area contributed by atoms with Gasteiger partial charge in [0.15, 0.2) is 5.78 Å². The lowest BCUT2D eigenvalue weighted by Crippen LogP contribution is -2.25. The molecule has 0 atom stereocenters. The van der Waals surface area contributed by atoms with Crippen molar-refractivity contribution in [2.45, 2.75) is 44.4 Å². The third-order valence-electron chi connectivity index (χ3n) is 4.14. The van der Waals surface area contributed by atoms with E-state index in [4.69, 9.17) is 0 Å². The molecule has 21 heavy (non-hydrogen) atoms. The number of carbonyl (C=O) groups excluding carboxylic acids is 1. The third kappa shape index (κ3) is 4.95. The maximum Gasteiger partial charge on any atom is 0.151 e. The quantitative estimate of drug-likeness (QED) is 0.398. The maximum absolute atomic E-state index is 12.0. The SMILES string of the molecule is O=C(CNCCCI)Cc1cccc(C2CCCC2)c1O. The molecule has 0 unspecified atom stereocenters. The molecule has 2 N–H and O–H groups in total. The number of carbonyl (C=O) groups is 1. The zero-order valence-electron chi connectivity index (χ0n) is 12.4. The van der Waals surface area contributed by atoms with E-state index in [-0.39, 0.29) is 5.78 Å². The van der Waals surface area contributed by atoms with E-state index in [1.807, 2.05) is 18.2 Å². The smallest absolute Gasteiger partial charge is 0.151 e. The molecule has 3 nitrogen and oxygen atoms in total. The first-order valence-corrected chi connectivity index (χ1v) is 9.34. The van der Waals surface area contributed by atoms with Gasteiger partial charge in [0.05, 0.1) is 6.54 Å². The van der Waals surface area contributed by atoms with E-state index in [9.17, 15) is 9.90 Å². The van der Waals surface area contributed by atoms with E-state index in [0.29, 0.717) is 24.6 Å². The molecule has 1 aliphatic rings. The molecule has 0 amide bonds. The van der Waals surface area contributed by atoms with Crippen LogP contribution in [0.3, 0.4) is 0 Å². The Morgan fingerprint density at radius 1 is 1.33 bits per heavy atom. The van der Waals surface area contributed by atoms with Crippen LogP contribution in [0.15, 0.2) is 18.2 Å². The summed E-state index contributed by atoms with van der Waals surface area (Å²) in [7, 11) is 0. The van der Waals surface area contributed by atoms with Crippen LogP contribution in [-0.2, 0) is 11.2 Å². The fourth-order valence-corrected chi connectivity index (χ4v) is 3.40. The summed E-state index contributed by atoms with van der Waals surface area (Å²) in [4.78, 5) is 12.0. The lowest BCUT2D eigenvalue weighted by Gasteiger charge is -2.14. The topological polar surface area (TPSA) is 49.3 Å². The third-order valence-corrected chi connectivity index (χ3v) is 4.91. The molecule has 1 aromatic carbocycles. The van der Waals surface area contributed by atoms with Crippen LogP contribution in [-0.4, -0.2) is 28.4 Å². The molecule has 1 aliphatic carbocycles. The number of hydrogen-bond acceptors (Lipinski definition) is 3. The summed E-state index contributed by atoms with van der Waals surface area (Å²) in [5.41, 5.74) is 1.82. The van der Waals surface area contributed by atoms with Crippen LogP contribution in [0, 0.1) is 0 Å². The standard InChI is InChI=1S/C17H24INO2/c18-9-4-10-19-12-15(20)11-14-7-3-8-16(17(14)21)13-5-1-2-6-13/h3,7-8,13,19,21H,1-2,4-6,9-12H2. The zero-order valence-corrected chi connectivity index (χ0v) is 14.6. The van der Waals surface area contributed by atoms with E-state index < -0.39 is 0 Å². The van der Waals surface area contributed by atoms with Crippen LogP contribution in [0.25, 0.3) is 0 Å². The van der Waals surface area contributed by atoms with Crippen molar-refractivity contribution >= 4 is 28.4 Å². The summed E-state index contributed by atoms with van der Waals surface area (Å²) in [6, 6.07) is 5.86. The molecule has 116 valence electrons. The van der Waals surface area contributed by atoms with E-state index >= 15 is 0 Å². The fraction of sp³-hybridized carbons (Fsp3) is 0.588. The van der Waals surface area contributed by atoms with Gasteiger partial charge in [-0.05, 0) is 37.3 Å². The molecular weight excluding hydrogens is 377 g/mol. The molecule has 0 aromatic heterocycles. The summed E-state index contributed by atoms with van der Waals surface area (Å²) in [5, 5.41) is 13.6. The average Bonchev–Trinajstić information content (AvgIpc) is 3.00. The zero-order chi connectivity index (χ0) is 15.1. The van der Waals surface area contributed by atoms with Crippen molar-refractivity contribution < 1.29 is 9.90 Å². The van der Waals surface area contributed by atoms with Gasteiger partial charge in [-0.2, -0.15) is 0 Å². The Morgan fingerprint density at radius 2 is 2.10 bits per heavy atom. The Morgan fingerprint density at radius 3 is 2.81 bits per heavy atom. The molecule has 1 aromatic rings. The second kappa shape index (κ2) is 8.73. The number of nitrogens with one attached hydrogen (secondary N) is 1. The predicted octanol–water partition coefficient (Wildman–Crippen LogP) is 3.58. The van der Waals surface area contributed by atoms with Crippen molar-refractivity contribution in [3.63, 3.8) is 0 Å². The summed E-state index contributed by atoms with van der Waals surface area (Å²) in [5.74, 6) is 0.967. The van der Waals surface area contributed by atoms with Crippen molar-refractivity contribution in [2.75, 3.05) is 17.5 Å². The maximum atomic E-state index is 12.0. The van der Waals surface area contributed by atoms with Crippen molar-refractivity contribution in [3.05, 3.63) is 29.3 Å². The normalized spacial score (nSPS) is 15.5. The van der Waals surface area contributed by atoms with Crippen LogP contribution in [0.4, 0.5) is 0 Å². The van der Waals surface area contributed by atoms with Gasteiger partial charge >= 0.3 is 0 Å². The fourth-order valence-electron chi connectivity index (χ4n) is 3.01. The number of halogens is 1. The largest absolute Gasteiger partial charge is 0.507 e. The number of rotatable bonds is 8. The minimum absolute atomic E-state index is 0.141. The van der Waals surface area contributed by atoms with Crippen LogP contribution < -0.4 is 5.32 Å². The Balaban J connectivity index is 1.93. The Labute approximate surface area is 140 Å². The molecule has 0 heterocycles. The number of phenols is 1. The first-order chi connectivity index (χ1) is 10.2. The highest BCUT2D eigenvalue weighted by Crippen LogP contribution is 2.39. The molecule has 0 bridgehead atoms. The molecule has 0 aliphatic heterocycles. The number of para-hydroxylation sites is 1. The van der Waals surface area contributed by atoms with Crippen LogP contribution >= 0.6 is 22.6 Å². The second-order valence-corrected chi connectivity index (χ2v) is 6.85. The van der Waals surface area contributed by atoms with Gasteiger partial charge in [0.2, 0.25) is 0 Å². The molecule has 0 saturated heterocycles. The average molecular weight is 401 g/mol. The molecule has 1 saturated carbocycles. The predicted molar refractivity (Wildman–Crippen MR) is 94.4 cm³/mol. The highest BCUT2D eigenvalue weighted by atomic mass is 127. The molecule has 2 rings (SSSR count). The number of ketones is 1. The molecule has 4 heteroatoms. The van der Waals surface area contributed by atoms with Gasteiger partial charge < -0.3 is 10.4 Å². The van der Waals surface area contributed by atoms with Crippen molar-refractivity contribution in [2.24, 2.45) is 0 Å². The Bertz CT molecular complexity index is 470. The number of Topliss-reactive ketones (excluding diaryl/α,β-unsaturated/α-hetero) is 1. The van der Waals surface area contributed by atoms with E-state index in [1.165, 1.54) is 12.8 Å². The van der Waals surface area contributed by atoms with Gasteiger partial charge in [0.25, 0.3) is 0 Å². The first kappa shape index (κ1) is 16.7. The highest BCUT2D eigenvalue weighted by molar-refractivity contribution is 14.1. The summed E-state index contributed by atoms with van der Waals surface area (Å²) in [6.07, 6.45) is 6.20. The van der Waals surface area contributed by atoms with Crippen LogP contribution in [0.2, 0.25) is 0 Å².